The third kappa shape index (κ3) is 2.87. The van der Waals surface area contributed by atoms with Crippen molar-refractivity contribution in [1.29, 1.82) is 0 Å². The van der Waals surface area contributed by atoms with Crippen LogP contribution in [0.15, 0.2) is 42.7 Å². The monoisotopic (exact) mass is 337 g/mol. The molecule has 1 aromatic heterocycles. The number of ether oxygens (including phenoxy) is 2. The second-order valence-electron chi connectivity index (χ2n) is 7.20. The molecule has 3 aliphatic heterocycles. The summed E-state index contributed by atoms with van der Waals surface area (Å²) in [6.07, 6.45) is 6.36. The van der Waals surface area contributed by atoms with E-state index in [1.807, 2.05) is 24.5 Å². The predicted molar refractivity (Wildman–Crippen MR) is 94.4 cm³/mol. The van der Waals surface area contributed by atoms with Gasteiger partial charge in [-0.25, -0.2) is 0 Å². The molecule has 5 rings (SSSR count). The molecule has 0 aliphatic carbocycles. The van der Waals surface area contributed by atoms with Gasteiger partial charge in [-0.05, 0) is 42.2 Å². The molecule has 2 atom stereocenters. The van der Waals surface area contributed by atoms with E-state index in [4.69, 9.17) is 9.47 Å². The van der Waals surface area contributed by atoms with Gasteiger partial charge in [0.2, 0.25) is 6.79 Å². The van der Waals surface area contributed by atoms with Crippen LogP contribution in [-0.4, -0.2) is 46.7 Å². The Morgan fingerprint density at radius 2 is 1.68 bits per heavy atom. The molecule has 0 radical (unpaired) electrons. The zero-order valence-corrected chi connectivity index (χ0v) is 14.3. The number of pyridine rings is 1. The predicted octanol–water partition coefficient (Wildman–Crippen LogP) is 2.66. The molecule has 3 aliphatic rings. The summed E-state index contributed by atoms with van der Waals surface area (Å²) in [5, 5.41) is 0. The molecule has 1 aromatic carbocycles. The lowest BCUT2D eigenvalue weighted by atomic mass is 10.1. The first-order valence-corrected chi connectivity index (χ1v) is 9.12. The van der Waals surface area contributed by atoms with E-state index in [1.165, 1.54) is 37.1 Å². The van der Waals surface area contributed by atoms with Gasteiger partial charge in [0.05, 0.1) is 0 Å². The van der Waals surface area contributed by atoms with Crippen LogP contribution in [0.3, 0.4) is 0 Å². The third-order valence-electron chi connectivity index (χ3n) is 5.74. The van der Waals surface area contributed by atoms with Crippen LogP contribution in [0.4, 0.5) is 0 Å². The molecular weight excluding hydrogens is 314 g/mol. The average molecular weight is 337 g/mol. The Hall–Kier alpha value is -2.11. The quantitative estimate of drug-likeness (QED) is 0.857. The Labute approximate surface area is 148 Å². The summed E-state index contributed by atoms with van der Waals surface area (Å²) in [6, 6.07) is 11.9. The van der Waals surface area contributed by atoms with Crippen molar-refractivity contribution in [2.45, 2.75) is 38.0 Å². The van der Waals surface area contributed by atoms with Crippen molar-refractivity contribution >= 4 is 0 Å². The van der Waals surface area contributed by atoms with Crippen molar-refractivity contribution in [2.75, 3.05) is 19.9 Å². The van der Waals surface area contributed by atoms with Crippen LogP contribution in [0.5, 0.6) is 11.5 Å². The van der Waals surface area contributed by atoms with Crippen LogP contribution in [0, 0.1) is 0 Å². The zero-order chi connectivity index (χ0) is 16.6. The summed E-state index contributed by atoms with van der Waals surface area (Å²) in [7, 11) is 0. The molecule has 0 unspecified atom stereocenters. The smallest absolute Gasteiger partial charge is 0.231 e. The van der Waals surface area contributed by atoms with Crippen molar-refractivity contribution in [2.24, 2.45) is 0 Å². The second kappa shape index (κ2) is 6.32. The molecule has 25 heavy (non-hydrogen) atoms. The lowest BCUT2D eigenvalue weighted by Crippen LogP contribution is -2.36. The largest absolute Gasteiger partial charge is 0.454 e. The molecule has 0 amide bonds. The molecule has 2 fully saturated rings. The summed E-state index contributed by atoms with van der Waals surface area (Å²) in [5.74, 6) is 1.75. The van der Waals surface area contributed by atoms with Crippen molar-refractivity contribution < 1.29 is 9.47 Å². The normalized spacial score (nSPS) is 25.4. The van der Waals surface area contributed by atoms with E-state index in [0.29, 0.717) is 18.9 Å². The van der Waals surface area contributed by atoms with E-state index in [1.54, 1.807) is 0 Å². The highest BCUT2D eigenvalue weighted by molar-refractivity contribution is 5.44. The molecular formula is C20H23N3O2. The van der Waals surface area contributed by atoms with Gasteiger partial charge in [0, 0.05) is 50.7 Å². The maximum Gasteiger partial charge on any atom is 0.231 e. The SMILES string of the molecule is c1cncc(CN2CC[C@H]3[C@H]2CCN3Cc2ccc3c(c2)OCO3)c1. The Morgan fingerprint density at radius 3 is 2.44 bits per heavy atom. The highest BCUT2D eigenvalue weighted by Crippen LogP contribution is 2.36. The highest BCUT2D eigenvalue weighted by Gasteiger charge is 2.42. The van der Waals surface area contributed by atoms with E-state index < -0.39 is 0 Å². The summed E-state index contributed by atoms with van der Waals surface area (Å²) in [4.78, 5) is 9.54. The van der Waals surface area contributed by atoms with E-state index in [2.05, 4.69) is 33.0 Å². The van der Waals surface area contributed by atoms with E-state index in [9.17, 15) is 0 Å². The number of likely N-dealkylation sites (tertiary alicyclic amines) is 2. The minimum Gasteiger partial charge on any atom is -0.454 e. The first kappa shape index (κ1) is 15.2. The number of fused-ring (bicyclic) bond motifs is 2. The van der Waals surface area contributed by atoms with Crippen molar-refractivity contribution in [1.82, 2.24) is 14.8 Å². The Kier molecular flexibility index (Phi) is 3.83. The van der Waals surface area contributed by atoms with Crippen molar-refractivity contribution in [3.8, 4) is 11.5 Å². The first-order valence-electron chi connectivity index (χ1n) is 9.12. The number of aromatic nitrogens is 1. The van der Waals surface area contributed by atoms with Crippen molar-refractivity contribution in [3.63, 3.8) is 0 Å². The first-order chi connectivity index (χ1) is 12.4. The van der Waals surface area contributed by atoms with E-state index in [-0.39, 0.29) is 0 Å². The molecule has 0 saturated carbocycles. The van der Waals surface area contributed by atoms with Gasteiger partial charge >= 0.3 is 0 Å². The fourth-order valence-corrected chi connectivity index (χ4v) is 4.56. The summed E-state index contributed by atoms with van der Waals surface area (Å²) in [6.45, 7) is 4.72. The molecule has 130 valence electrons. The number of hydrogen-bond acceptors (Lipinski definition) is 5. The van der Waals surface area contributed by atoms with Crippen LogP contribution < -0.4 is 9.47 Å². The minimum atomic E-state index is 0.344. The Bertz CT molecular complexity index is 752. The van der Waals surface area contributed by atoms with Gasteiger partial charge in [-0.3, -0.25) is 14.8 Å². The van der Waals surface area contributed by atoms with Crippen LogP contribution in [0.2, 0.25) is 0 Å². The molecule has 0 bridgehead atoms. The standard InChI is InChI=1S/C20H23N3O2/c1-2-16(11-21-7-1)13-23-9-6-17-18(23)5-8-22(17)12-15-3-4-19-20(10-15)25-14-24-19/h1-4,7,10-11,17-18H,5-6,8-9,12-14H2/t17-,18+/m0/s1. The highest BCUT2D eigenvalue weighted by atomic mass is 16.7. The van der Waals surface area contributed by atoms with Crippen LogP contribution in [0.1, 0.15) is 24.0 Å². The Morgan fingerprint density at radius 1 is 0.920 bits per heavy atom. The maximum absolute atomic E-state index is 5.52. The lowest BCUT2D eigenvalue weighted by Gasteiger charge is -2.25. The Balaban J connectivity index is 1.25. The van der Waals surface area contributed by atoms with Crippen molar-refractivity contribution in [3.05, 3.63) is 53.9 Å². The molecule has 2 saturated heterocycles. The van der Waals surface area contributed by atoms with Gasteiger partial charge in [-0.2, -0.15) is 0 Å². The number of benzene rings is 1. The number of hydrogen-bond donors (Lipinski definition) is 0. The van der Waals surface area contributed by atoms with Gasteiger partial charge in [-0.1, -0.05) is 12.1 Å². The molecule has 2 aromatic rings. The second-order valence-corrected chi connectivity index (χ2v) is 7.20. The lowest BCUT2D eigenvalue weighted by molar-refractivity contribution is 0.174. The minimum absolute atomic E-state index is 0.344. The average Bonchev–Trinajstić information content (AvgIpc) is 3.34. The van der Waals surface area contributed by atoms with Crippen LogP contribution in [0.25, 0.3) is 0 Å². The van der Waals surface area contributed by atoms with Gasteiger partial charge < -0.3 is 9.47 Å². The molecule has 5 heteroatoms. The van der Waals surface area contributed by atoms with Gasteiger partial charge in [0.1, 0.15) is 0 Å². The molecule has 5 nitrogen and oxygen atoms in total. The maximum atomic E-state index is 5.52. The fraction of sp³-hybridized carbons (Fsp3) is 0.450. The van der Waals surface area contributed by atoms with E-state index in [0.717, 1.165) is 24.6 Å². The fourth-order valence-electron chi connectivity index (χ4n) is 4.56. The summed E-state index contributed by atoms with van der Waals surface area (Å²) >= 11 is 0. The molecule has 4 heterocycles. The van der Waals surface area contributed by atoms with Gasteiger partial charge in [-0.15, -0.1) is 0 Å². The third-order valence-corrected chi connectivity index (χ3v) is 5.74. The number of rotatable bonds is 4. The number of nitrogens with zero attached hydrogens (tertiary/aromatic N) is 3. The summed E-state index contributed by atoms with van der Waals surface area (Å²) < 4.78 is 10.9. The zero-order valence-electron chi connectivity index (χ0n) is 14.3. The molecule has 0 spiro atoms. The van der Waals surface area contributed by atoms with Gasteiger partial charge in [0.25, 0.3) is 0 Å². The topological polar surface area (TPSA) is 37.8 Å². The molecule has 0 N–H and O–H groups in total. The van der Waals surface area contributed by atoms with Crippen LogP contribution >= 0.6 is 0 Å². The summed E-state index contributed by atoms with van der Waals surface area (Å²) in [5.41, 5.74) is 2.63. The van der Waals surface area contributed by atoms with E-state index >= 15 is 0 Å². The van der Waals surface area contributed by atoms with Gasteiger partial charge in [0.15, 0.2) is 11.5 Å². The van der Waals surface area contributed by atoms with Crippen LogP contribution in [-0.2, 0) is 13.1 Å².